The van der Waals surface area contributed by atoms with E-state index in [9.17, 15) is 9.59 Å². The molecule has 1 fully saturated rings. The van der Waals surface area contributed by atoms with Gasteiger partial charge in [0.25, 0.3) is 0 Å². The zero-order valence-electron chi connectivity index (χ0n) is 13.2. The van der Waals surface area contributed by atoms with E-state index in [1.165, 1.54) is 0 Å². The van der Waals surface area contributed by atoms with Crippen LogP contribution in [0.1, 0.15) is 33.1 Å². The van der Waals surface area contributed by atoms with Crippen molar-refractivity contribution in [3.8, 4) is 0 Å². The molecule has 0 aromatic carbocycles. The zero-order valence-corrected chi connectivity index (χ0v) is 13.2. The van der Waals surface area contributed by atoms with Crippen molar-refractivity contribution >= 4 is 11.9 Å². The quantitative estimate of drug-likeness (QED) is 0.661. The largest absolute Gasteiger partial charge is 0.466 e. The van der Waals surface area contributed by atoms with Crippen LogP contribution in [0.2, 0.25) is 0 Å². The lowest BCUT2D eigenvalue weighted by molar-refractivity contribution is -0.151. The maximum absolute atomic E-state index is 12.3. The Labute approximate surface area is 127 Å². The number of amides is 1. The molecule has 1 aliphatic rings. The molecule has 0 radical (unpaired) electrons. The molecule has 1 atom stereocenters. The Morgan fingerprint density at radius 2 is 2.10 bits per heavy atom. The zero-order chi connectivity index (χ0) is 15.7. The monoisotopic (exact) mass is 300 g/mol. The van der Waals surface area contributed by atoms with Crippen LogP contribution in [0.4, 0.5) is 0 Å². The van der Waals surface area contributed by atoms with E-state index in [4.69, 9.17) is 9.84 Å². The second-order valence-corrected chi connectivity index (χ2v) is 5.43. The molecule has 0 bridgehead atoms. The van der Waals surface area contributed by atoms with E-state index in [1.54, 1.807) is 11.8 Å². The van der Waals surface area contributed by atoms with Crippen molar-refractivity contribution in [2.75, 3.05) is 45.9 Å². The number of piperidine rings is 1. The Balaban J connectivity index is 2.50. The third-order valence-electron chi connectivity index (χ3n) is 3.71. The lowest BCUT2D eigenvalue weighted by atomic mass is 9.98. The first-order valence-electron chi connectivity index (χ1n) is 7.89. The normalized spacial score (nSPS) is 18.9. The Kier molecular flexibility index (Phi) is 8.30. The average molecular weight is 300 g/mol. The molecule has 1 N–H and O–H groups in total. The van der Waals surface area contributed by atoms with Gasteiger partial charge in [-0.25, -0.2) is 0 Å². The summed E-state index contributed by atoms with van der Waals surface area (Å²) in [5, 5.41) is 9.03. The second kappa shape index (κ2) is 9.73. The van der Waals surface area contributed by atoms with Gasteiger partial charge in [-0.15, -0.1) is 0 Å². The Morgan fingerprint density at radius 1 is 1.33 bits per heavy atom. The van der Waals surface area contributed by atoms with Crippen molar-refractivity contribution in [2.45, 2.75) is 33.1 Å². The number of hydrogen-bond donors (Lipinski definition) is 1. The number of nitrogens with zero attached hydrogens (tertiary/aromatic N) is 2. The molecule has 0 aromatic rings. The molecule has 1 rings (SSSR count). The summed E-state index contributed by atoms with van der Waals surface area (Å²) in [7, 11) is 0. The van der Waals surface area contributed by atoms with Crippen LogP contribution in [0, 0.1) is 5.92 Å². The first-order chi connectivity index (χ1) is 10.1. The van der Waals surface area contributed by atoms with E-state index < -0.39 is 0 Å². The highest BCUT2D eigenvalue weighted by molar-refractivity contribution is 5.80. The van der Waals surface area contributed by atoms with Gasteiger partial charge in [0.05, 0.1) is 25.7 Å². The molecular formula is C15H28N2O4. The van der Waals surface area contributed by atoms with E-state index in [0.717, 1.165) is 25.8 Å². The van der Waals surface area contributed by atoms with Crippen molar-refractivity contribution in [3.63, 3.8) is 0 Å². The van der Waals surface area contributed by atoms with Gasteiger partial charge in [0, 0.05) is 19.6 Å². The summed E-state index contributed by atoms with van der Waals surface area (Å²) in [6.45, 7) is 7.04. The van der Waals surface area contributed by atoms with Gasteiger partial charge in [0.15, 0.2) is 0 Å². The molecule has 1 saturated heterocycles. The molecule has 0 saturated carbocycles. The van der Waals surface area contributed by atoms with Gasteiger partial charge in [0.2, 0.25) is 5.91 Å². The van der Waals surface area contributed by atoms with Crippen molar-refractivity contribution in [1.82, 2.24) is 9.80 Å². The molecule has 6 nitrogen and oxygen atoms in total. The van der Waals surface area contributed by atoms with Crippen LogP contribution in [-0.2, 0) is 14.3 Å². The van der Waals surface area contributed by atoms with Gasteiger partial charge in [-0.05, 0) is 32.7 Å². The molecule has 6 heteroatoms. The second-order valence-electron chi connectivity index (χ2n) is 5.43. The van der Waals surface area contributed by atoms with Crippen LogP contribution in [0.15, 0.2) is 0 Å². The van der Waals surface area contributed by atoms with Crippen molar-refractivity contribution in [2.24, 2.45) is 5.92 Å². The third kappa shape index (κ3) is 6.01. The number of hydrogen-bond acceptors (Lipinski definition) is 5. The smallest absolute Gasteiger partial charge is 0.310 e. The highest BCUT2D eigenvalue weighted by Crippen LogP contribution is 2.18. The number of aliphatic hydroxyl groups excluding tert-OH is 1. The predicted octanol–water partition coefficient (Wildman–Crippen LogP) is 0.492. The van der Waals surface area contributed by atoms with E-state index >= 15 is 0 Å². The summed E-state index contributed by atoms with van der Waals surface area (Å²) in [6, 6.07) is 0. The molecule has 21 heavy (non-hydrogen) atoms. The maximum atomic E-state index is 12.3. The van der Waals surface area contributed by atoms with Gasteiger partial charge in [-0.1, -0.05) is 6.92 Å². The van der Waals surface area contributed by atoms with Gasteiger partial charge in [-0.3, -0.25) is 14.5 Å². The van der Waals surface area contributed by atoms with Gasteiger partial charge >= 0.3 is 5.97 Å². The van der Waals surface area contributed by atoms with E-state index in [0.29, 0.717) is 32.8 Å². The fraction of sp³-hybridized carbons (Fsp3) is 0.867. The van der Waals surface area contributed by atoms with Gasteiger partial charge < -0.3 is 14.7 Å². The minimum Gasteiger partial charge on any atom is -0.466 e. The maximum Gasteiger partial charge on any atom is 0.310 e. The molecule has 1 aliphatic heterocycles. The molecule has 0 aliphatic carbocycles. The van der Waals surface area contributed by atoms with E-state index in [-0.39, 0.29) is 24.4 Å². The first kappa shape index (κ1) is 17.9. The van der Waals surface area contributed by atoms with Crippen LogP contribution < -0.4 is 0 Å². The number of esters is 1. The highest BCUT2D eigenvalue weighted by atomic mass is 16.5. The molecule has 1 heterocycles. The van der Waals surface area contributed by atoms with Crippen LogP contribution in [0.5, 0.6) is 0 Å². The number of likely N-dealkylation sites (tertiary alicyclic amines) is 1. The Hall–Kier alpha value is -1.14. The molecule has 1 unspecified atom stereocenters. The minimum atomic E-state index is -0.198. The predicted molar refractivity (Wildman–Crippen MR) is 79.8 cm³/mol. The van der Waals surface area contributed by atoms with Crippen molar-refractivity contribution < 1.29 is 19.4 Å². The van der Waals surface area contributed by atoms with Crippen molar-refractivity contribution in [3.05, 3.63) is 0 Å². The third-order valence-corrected chi connectivity index (χ3v) is 3.71. The summed E-state index contributed by atoms with van der Waals surface area (Å²) >= 11 is 0. The average Bonchev–Trinajstić information content (AvgIpc) is 2.48. The summed E-state index contributed by atoms with van der Waals surface area (Å²) in [4.78, 5) is 27.8. The number of ether oxygens (including phenoxy) is 1. The number of aliphatic hydroxyl groups is 1. The summed E-state index contributed by atoms with van der Waals surface area (Å²) in [5.41, 5.74) is 0. The van der Waals surface area contributed by atoms with Crippen LogP contribution in [0.3, 0.4) is 0 Å². The minimum absolute atomic E-state index is 0.0332. The summed E-state index contributed by atoms with van der Waals surface area (Å²) in [6.07, 6.45) is 2.57. The molecule has 1 amide bonds. The summed E-state index contributed by atoms with van der Waals surface area (Å²) in [5.74, 6) is -0.359. The van der Waals surface area contributed by atoms with Crippen LogP contribution >= 0.6 is 0 Å². The molecule has 0 aromatic heterocycles. The topological polar surface area (TPSA) is 70.1 Å². The fourth-order valence-electron chi connectivity index (χ4n) is 2.68. The Bertz CT molecular complexity index is 330. The van der Waals surface area contributed by atoms with Gasteiger partial charge in [-0.2, -0.15) is 0 Å². The standard InChI is InChI=1S/C15H28N2O4/c1-3-7-16(9-10-18)12-14(19)17-8-5-6-13(11-17)15(20)21-4-2/h13,18H,3-12H2,1-2H3. The lowest BCUT2D eigenvalue weighted by Gasteiger charge is -2.33. The Morgan fingerprint density at radius 3 is 2.71 bits per heavy atom. The lowest BCUT2D eigenvalue weighted by Crippen LogP contribution is -2.47. The number of carbonyl (C=O) groups excluding carboxylic acids is 2. The van der Waals surface area contributed by atoms with E-state index in [2.05, 4.69) is 0 Å². The first-order valence-corrected chi connectivity index (χ1v) is 7.89. The highest BCUT2D eigenvalue weighted by Gasteiger charge is 2.29. The molecule has 122 valence electrons. The van der Waals surface area contributed by atoms with E-state index in [1.807, 2.05) is 11.8 Å². The summed E-state index contributed by atoms with van der Waals surface area (Å²) < 4.78 is 5.05. The number of rotatable bonds is 8. The number of carbonyl (C=O) groups is 2. The van der Waals surface area contributed by atoms with Gasteiger partial charge in [0.1, 0.15) is 0 Å². The van der Waals surface area contributed by atoms with Crippen LogP contribution in [-0.4, -0.2) is 72.7 Å². The molecular weight excluding hydrogens is 272 g/mol. The van der Waals surface area contributed by atoms with Crippen molar-refractivity contribution in [1.29, 1.82) is 0 Å². The molecule has 0 spiro atoms. The van der Waals surface area contributed by atoms with Crippen LogP contribution in [0.25, 0.3) is 0 Å². The fourth-order valence-corrected chi connectivity index (χ4v) is 2.68. The SMILES string of the molecule is CCCN(CCO)CC(=O)N1CCCC(C(=O)OCC)C1.